The Morgan fingerprint density at radius 2 is 1.85 bits per heavy atom. The molecule has 110 valence electrons. The molecule has 0 radical (unpaired) electrons. The summed E-state index contributed by atoms with van der Waals surface area (Å²) in [6, 6.07) is 8.65. The van der Waals surface area contributed by atoms with Gasteiger partial charge in [-0.25, -0.2) is 0 Å². The van der Waals surface area contributed by atoms with Crippen molar-refractivity contribution >= 4 is 11.6 Å². The smallest absolute Gasteiger partial charge is 0.0474 e. The van der Waals surface area contributed by atoms with E-state index in [-0.39, 0.29) is 5.41 Å². The molecule has 0 aromatic heterocycles. The van der Waals surface area contributed by atoms with E-state index >= 15 is 0 Å². The van der Waals surface area contributed by atoms with E-state index in [1.54, 1.807) is 0 Å². The number of benzene rings is 1. The number of unbranched alkanes of at least 4 members (excludes halogenated alkanes) is 1. The minimum Gasteiger partial charge on any atom is -0.122 e. The van der Waals surface area contributed by atoms with Crippen molar-refractivity contribution in [1.29, 1.82) is 0 Å². The van der Waals surface area contributed by atoms with E-state index in [2.05, 4.69) is 51.3 Å². The number of alkyl halides is 1. The molecule has 0 aliphatic carbocycles. The van der Waals surface area contributed by atoms with Gasteiger partial charge in [-0.2, -0.15) is 0 Å². The van der Waals surface area contributed by atoms with Crippen LogP contribution in [0.15, 0.2) is 49.1 Å². The highest BCUT2D eigenvalue weighted by atomic mass is 35.5. The van der Waals surface area contributed by atoms with Crippen molar-refractivity contribution < 1.29 is 0 Å². The van der Waals surface area contributed by atoms with E-state index in [1.807, 2.05) is 6.08 Å². The lowest BCUT2D eigenvalue weighted by atomic mass is 9.73. The Balaban J connectivity index is 2.81. The topological polar surface area (TPSA) is 0 Å². The molecule has 1 heteroatoms. The normalized spacial score (nSPS) is 13.8. The number of allylic oxidation sites excluding steroid dienone is 2. The summed E-state index contributed by atoms with van der Waals surface area (Å²) in [5.74, 6) is 0.582. The van der Waals surface area contributed by atoms with Gasteiger partial charge in [0.05, 0.1) is 0 Å². The van der Waals surface area contributed by atoms with Gasteiger partial charge in [-0.15, -0.1) is 18.2 Å². The molecule has 0 aliphatic heterocycles. The molecule has 0 saturated carbocycles. The molecule has 0 bridgehead atoms. The summed E-state index contributed by atoms with van der Waals surface area (Å²) in [7, 11) is 0. The zero-order valence-corrected chi connectivity index (χ0v) is 13.7. The zero-order valence-electron chi connectivity index (χ0n) is 12.9. The zero-order chi connectivity index (χ0) is 15.0. The van der Waals surface area contributed by atoms with E-state index < -0.39 is 0 Å². The van der Waals surface area contributed by atoms with Crippen LogP contribution in [0.5, 0.6) is 0 Å². The molecule has 1 rings (SSSR count). The summed E-state index contributed by atoms with van der Waals surface area (Å²) in [6.45, 7) is 12.7. The van der Waals surface area contributed by atoms with Crippen molar-refractivity contribution in [1.82, 2.24) is 0 Å². The summed E-state index contributed by atoms with van der Waals surface area (Å²) in [6.07, 6.45) is 7.54. The van der Waals surface area contributed by atoms with E-state index in [1.165, 1.54) is 29.5 Å². The second-order valence-corrected chi connectivity index (χ2v) is 6.09. The number of halogens is 1. The first-order chi connectivity index (χ1) is 9.55. The molecule has 0 heterocycles. The molecule has 0 N–H and O–H groups in total. The molecule has 0 amide bonds. The van der Waals surface area contributed by atoms with Gasteiger partial charge in [0.1, 0.15) is 0 Å². The third-order valence-corrected chi connectivity index (χ3v) is 4.50. The molecule has 1 aromatic carbocycles. The van der Waals surface area contributed by atoms with E-state index in [9.17, 15) is 0 Å². The maximum absolute atomic E-state index is 5.85. The van der Waals surface area contributed by atoms with Crippen molar-refractivity contribution in [3.8, 4) is 0 Å². The lowest BCUT2D eigenvalue weighted by Gasteiger charge is -2.32. The van der Waals surface area contributed by atoms with E-state index in [4.69, 9.17) is 11.6 Å². The van der Waals surface area contributed by atoms with Crippen LogP contribution in [0.1, 0.15) is 50.7 Å². The average molecular weight is 291 g/mol. The highest BCUT2D eigenvalue weighted by Crippen LogP contribution is 2.37. The van der Waals surface area contributed by atoms with Crippen molar-refractivity contribution in [2.24, 2.45) is 5.41 Å². The Labute approximate surface area is 129 Å². The van der Waals surface area contributed by atoms with Crippen molar-refractivity contribution in [3.63, 3.8) is 0 Å². The predicted octanol–water partition coefficient (Wildman–Crippen LogP) is 6.30. The van der Waals surface area contributed by atoms with Crippen LogP contribution in [0.3, 0.4) is 0 Å². The van der Waals surface area contributed by atoms with E-state index in [0.717, 1.165) is 19.3 Å². The SMILES string of the molecule is C=CCCCC(C)(Cc1ccc(CCl)cc1)C(=C)CC. The Morgan fingerprint density at radius 1 is 1.25 bits per heavy atom. The molecular weight excluding hydrogens is 264 g/mol. The third kappa shape index (κ3) is 4.83. The Kier molecular flexibility index (Phi) is 7.09. The molecule has 0 fully saturated rings. The van der Waals surface area contributed by atoms with Gasteiger partial charge >= 0.3 is 0 Å². The van der Waals surface area contributed by atoms with E-state index in [0.29, 0.717) is 5.88 Å². The minimum absolute atomic E-state index is 0.181. The van der Waals surface area contributed by atoms with Crippen LogP contribution < -0.4 is 0 Å². The van der Waals surface area contributed by atoms with Crippen LogP contribution in [0, 0.1) is 5.41 Å². The van der Waals surface area contributed by atoms with Gasteiger partial charge in [-0.05, 0) is 48.6 Å². The van der Waals surface area contributed by atoms with Gasteiger partial charge < -0.3 is 0 Å². The van der Waals surface area contributed by atoms with Crippen molar-refractivity contribution in [2.75, 3.05) is 0 Å². The highest BCUT2D eigenvalue weighted by Gasteiger charge is 2.26. The number of rotatable bonds is 9. The lowest BCUT2D eigenvalue weighted by Crippen LogP contribution is -2.22. The molecule has 20 heavy (non-hydrogen) atoms. The quantitative estimate of drug-likeness (QED) is 0.284. The molecule has 1 aromatic rings. The summed E-state index contributed by atoms with van der Waals surface area (Å²) in [5.41, 5.74) is 4.08. The fourth-order valence-electron chi connectivity index (χ4n) is 2.65. The maximum atomic E-state index is 5.85. The number of hydrogen-bond donors (Lipinski definition) is 0. The first-order valence-electron chi connectivity index (χ1n) is 7.48. The average Bonchev–Trinajstić information content (AvgIpc) is 2.47. The molecule has 0 aliphatic rings. The van der Waals surface area contributed by atoms with Crippen LogP contribution >= 0.6 is 11.6 Å². The van der Waals surface area contributed by atoms with Gasteiger partial charge in [0.2, 0.25) is 0 Å². The lowest BCUT2D eigenvalue weighted by molar-refractivity contribution is 0.345. The Bertz CT molecular complexity index is 430. The van der Waals surface area contributed by atoms with Gasteiger partial charge in [0, 0.05) is 5.88 Å². The summed E-state index contributed by atoms with van der Waals surface area (Å²) in [4.78, 5) is 0. The summed E-state index contributed by atoms with van der Waals surface area (Å²) in [5, 5.41) is 0. The summed E-state index contributed by atoms with van der Waals surface area (Å²) >= 11 is 5.85. The third-order valence-electron chi connectivity index (χ3n) is 4.19. The largest absolute Gasteiger partial charge is 0.122 e. The fourth-order valence-corrected chi connectivity index (χ4v) is 2.83. The molecule has 1 unspecified atom stereocenters. The van der Waals surface area contributed by atoms with Crippen LogP contribution in [0.2, 0.25) is 0 Å². The predicted molar refractivity (Wildman–Crippen MR) is 91.3 cm³/mol. The van der Waals surface area contributed by atoms with Crippen LogP contribution in [0.25, 0.3) is 0 Å². The fraction of sp³-hybridized carbons (Fsp3) is 0.474. The molecule has 0 saturated heterocycles. The molecule has 0 spiro atoms. The van der Waals surface area contributed by atoms with Crippen molar-refractivity contribution in [2.45, 2.75) is 51.8 Å². The van der Waals surface area contributed by atoms with Gasteiger partial charge in [-0.1, -0.05) is 56.3 Å². The highest BCUT2D eigenvalue weighted by molar-refractivity contribution is 6.17. The van der Waals surface area contributed by atoms with Crippen LogP contribution in [-0.2, 0) is 12.3 Å². The number of hydrogen-bond acceptors (Lipinski definition) is 0. The van der Waals surface area contributed by atoms with Crippen LogP contribution in [-0.4, -0.2) is 0 Å². The van der Waals surface area contributed by atoms with Gasteiger partial charge in [0.25, 0.3) is 0 Å². The molecule has 0 nitrogen and oxygen atoms in total. The van der Waals surface area contributed by atoms with Crippen LogP contribution in [0.4, 0.5) is 0 Å². The second-order valence-electron chi connectivity index (χ2n) is 5.83. The molecule has 1 atom stereocenters. The monoisotopic (exact) mass is 290 g/mol. The Hall–Kier alpha value is -1.01. The van der Waals surface area contributed by atoms with Gasteiger partial charge in [0.15, 0.2) is 0 Å². The second kappa shape index (κ2) is 8.32. The van der Waals surface area contributed by atoms with Gasteiger partial charge in [-0.3, -0.25) is 0 Å². The summed E-state index contributed by atoms with van der Waals surface area (Å²) < 4.78 is 0. The Morgan fingerprint density at radius 3 is 2.35 bits per heavy atom. The first kappa shape index (κ1) is 17.0. The maximum Gasteiger partial charge on any atom is 0.0474 e. The minimum atomic E-state index is 0.181. The van der Waals surface area contributed by atoms with Crippen molar-refractivity contribution in [3.05, 3.63) is 60.2 Å². The molecular formula is C19H27Cl. The first-order valence-corrected chi connectivity index (χ1v) is 8.02. The standard InChI is InChI=1S/C19H27Cl/c1-5-7-8-13-19(4,16(3)6-2)14-17-9-11-18(15-20)12-10-17/h5,9-12H,1,3,6-8,13-15H2,2,4H3.